The van der Waals surface area contributed by atoms with Crippen molar-refractivity contribution < 1.29 is 0 Å². The first-order chi connectivity index (χ1) is 38.4. The maximum atomic E-state index is 2.96. The lowest BCUT2D eigenvalue weighted by atomic mass is 9.40. The maximum absolute atomic E-state index is 2.96. The zero-order valence-corrected chi connectivity index (χ0v) is 49.6. The molecule has 8 aliphatic rings. The predicted molar refractivity (Wildman–Crippen MR) is 340 cm³/mol. The highest BCUT2D eigenvalue weighted by molar-refractivity contribution is 6.85. The lowest BCUT2D eigenvalue weighted by Crippen LogP contribution is -2.52. The first-order valence-electron chi connectivity index (χ1n) is 31.7. The summed E-state index contributed by atoms with van der Waals surface area (Å²) in [5.41, 5.74) is 28.9. The molecular weight excluding hydrogens is 964 g/mol. The van der Waals surface area contributed by atoms with E-state index in [1.54, 1.807) is 22.2 Å². The fraction of sp³-hybridized carbons (Fsp3) is 0.429. The third-order valence-electron chi connectivity index (χ3n) is 23.4. The number of hydrogen-bond donors (Lipinski definition) is 0. The van der Waals surface area contributed by atoms with Gasteiger partial charge in [0.15, 0.2) is 0 Å². The van der Waals surface area contributed by atoms with Gasteiger partial charge in [-0.2, -0.15) is 0 Å². The third kappa shape index (κ3) is 7.03. The summed E-state index contributed by atoms with van der Waals surface area (Å²) in [6.07, 6.45) is 21.5. The molecule has 6 aliphatic carbocycles. The molecule has 7 aromatic carbocycles. The lowest BCUT2D eigenvalue weighted by molar-refractivity contribution is 0.149. The highest BCUT2D eigenvalue weighted by Gasteiger charge is 2.55. The van der Waals surface area contributed by atoms with Gasteiger partial charge in [-0.3, -0.25) is 0 Å². The number of benzene rings is 7. The smallest absolute Gasteiger partial charge is 0.329 e. The number of aromatic nitrogens is 1. The monoisotopic (exact) mass is 1050 g/mol. The van der Waals surface area contributed by atoms with Crippen LogP contribution in [-0.4, -0.2) is 11.3 Å². The van der Waals surface area contributed by atoms with Crippen molar-refractivity contribution in [2.45, 2.75) is 198 Å². The van der Waals surface area contributed by atoms with Crippen LogP contribution in [0, 0.1) is 11.8 Å². The number of nitrogens with zero attached hydrogens (tertiary/aromatic N) is 2. The van der Waals surface area contributed by atoms with Gasteiger partial charge in [-0.05, 0) is 211 Å². The molecule has 0 spiro atoms. The topological polar surface area (TPSA) is 8.17 Å². The molecule has 80 heavy (non-hydrogen) atoms. The molecule has 404 valence electrons. The van der Waals surface area contributed by atoms with E-state index < -0.39 is 0 Å². The predicted octanol–water partition coefficient (Wildman–Crippen LogP) is 20.1. The van der Waals surface area contributed by atoms with Crippen LogP contribution in [0.25, 0.3) is 60.9 Å². The second-order valence-corrected chi connectivity index (χ2v) is 30.3. The summed E-state index contributed by atoms with van der Waals surface area (Å²) in [4.78, 5) is 2.84. The summed E-state index contributed by atoms with van der Waals surface area (Å²) in [5, 5.41) is 3.01. The minimum absolute atomic E-state index is 0.0199. The normalized spacial score (nSPS) is 25.6. The molecule has 4 saturated carbocycles. The molecule has 2 nitrogen and oxygen atoms in total. The zero-order chi connectivity index (χ0) is 54.5. The highest BCUT2D eigenvalue weighted by atomic mass is 15.2. The number of allylic oxidation sites excluding steroid dienone is 1. The molecule has 0 radical (unpaired) electrons. The van der Waals surface area contributed by atoms with Gasteiger partial charge in [0.2, 0.25) is 0 Å². The van der Waals surface area contributed by atoms with Crippen LogP contribution < -0.4 is 10.4 Å². The van der Waals surface area contributed by atoms with Crippen LogP contribution >= 0.6 is 0 Å². The first kappa shape index (κ1) is 49.7. The van der Waals surface area contributed by atoms with E-state index in [9.17, 15) is 0 Å². The molecule has 0 N–H and O–H groups in total. The number of fused-ring (bicyclic) bond motifs is 13. The van der Waals surface area contributed by atoms with E-state index >= 15 is 0 Å². The van der Waals surface area contributed by atoms with Gasteiger partial charge in [-0.15, -0.1) is 0 Å². The summed E-state index contributed by atoms with van der Waals surface area (Å²) in [7, 11) is 0. The molecule has 8 aromatic rings. The molecule has 1 aromatic heterocycles. The van der Waals surface area contributed by atoms with E-state index in [2.05, 4.69) is 205 Å². The Bertz CT molecular complexity index is 3930. The summed E-state index contributed by atoms with van der Waals surface area (Å²) >= 11 is 0. The molecule has 2 aliphatic heterocycles. The van der Waals surface area contributed by atoms with Crippen molar-refractivity contribution in [3.05, 3.63) is 178 Å². The fourth-order valence-electron chi connectivity index (χ4n) is 19.1. The van der Waals surface area contributed by atoms with Crippen molar-refractivity contribution >= 4 is 51.2 Å². The van der Waals surface area contributed by atoms with Crippen LogP contribution in [-0.2, 0) is 32.5 Å². The van der Waals surface area contributed by atoms with Gasteiger partial charge in [0.05, 0.1) is 5.69 Å². The first-order valence-corrected chi connectivity index (χ1v) is 31.7. The van der Waals surface area contributed by atoms with Gasteiger partial charge < -0.3 is 9.38 Å². The fourth-order valence-corrected chi connectivity index (χ4v) is 19.1. The Balaban J connectivity index is 1.07. The Labute approximate surface area is 478 Å². The van der Waals surface area contributed by atoms with E-state index in [1.165, 1.54) is 203 Å². The molecule has 16 rings (SSSR count). The molecule has 4 bridgehead atoms. The van der Waals surface area contributed by atoms with E-state index in [1.807, 2.05) is 0 Å². The van der Waals surface area contributed by atoms with Gasteiger partial charge in [0.25, 0.3) is 0 Å². The number of hydrogen-bond acceptors (Lipinski definition) is 1. The zero-order valence-electron chi connectivity index (χ0n) is 49.6. The van der Waals surface area contributed by atoms with Crippen LogP contribution in [0.5, 0.6) is 0 Å². The van der Waals surface area contributed by atoms with E-state index in [-0.39, 0.29) is 33.9 Å². The van der Waals surface area contributed by atoms with Crippen LogP contribution in [0.15, 0.2) is 139 Å². The van der Waals surface area contributed by atoms with Gasteiger partial charge in [0.1, 0.15) is 0 Å². The summed E-state index contributed by atoms with van der Waals surface area (Å²) in [5.74, 6) is 1.72. The van der Waals surface area contributed by atoms with Crippen molar-refractivity contribution in [3.63, 3.8) is 0 Å². The van der Waals surface area contributed by atoms with Gasteiger partial charge in [-0.25, -0.2) is 0 Å². The van der Waals surface area contributed by atoms with Crippen molar-refractivity contribution in [2.24, 2.45) is 11.8 Å². The van der Waals surface area contributed by atoms with Crippen LogP contribution in [0.4, 0.5) is 11.4 Å². The quantitative estimate of drug-likeness (QED) is 0.156. The van der Waals surface area contributed by atoms with Crippen molar-refractivity contribution in [1.29, 1.82) is 0 Å². The lowest BCUT2D eigenvalue weighted by Gasteiger charge is -2.46. The number of anilines is 2. The molecule has 0 amide bonds. The Kier molecular flexibility index (Phi) is 10.6. The summed E-state index contributed by atoms with van der Waals surface area (Å²) in [6, 6.07) is 54.8. The minimum Gasteiger partial charge on any atom is -0.376 e. The second-order valence-electron chi connectivity index (χ2n) is 30.3. The van der Waals surface area contributed by atoms with Gasteiger partial charge in [0, 0.05) is 55.3 Å². The molecule has 0 atom stereocenters. The van der Waals surface area contributed by atoms with Crippen LogP contribution in [0.1, 0.15) is 204 Å². The molecule has 4 fully saturated rings. The molecule has 3 heterocycles. The van der Waals surface area contributed by atoms with E-state index in [0.29, 0.717) is 5.41 Å². The molecule has 3 heteroatoms. The molecule has 0 unspecified atom stereocenters. The van der Waals surface area contributed by atoms with Crippen molar-refractivity contribution in [2.75, 3.05) is 4.90 Å². The Morgan fingerprint density at radius 2 is 1.07 bits per heavy atom. The van der Waals surface area contributed by atoms with Gasteiger partial charge >= 0.3 is 6.85 Å². The maximum Gasteiger partial charge on any atom is 0.329 e. The average Bonchev–Trinajstić information content (AvgIpc) is 4.13. The Morgan fingerprint density at radius 3 is 1.71 bits per heavy atom. The average molecular weight is 1050 g/mol. The third-order valence-corrected chi connectivity index (χ3v) is 23.4. The van der Waals surface area contributed by atoms with E-state index in [4.69, 9.17) is 0 Å². The highest BCUT2D eigenvalue weighted by Crippen LogP contribution is 2.62. The van der Waals surface area contributed by atoms with Crippen LogP contribution in [0.2, 0.25) is 0 Å². The van der Waals surface area contributed by atoms with Crippen LogP contribution in [0.3, 0.4) is 0 Å². The van der Waals surface area contributed by atoms with E-state index in [0.717, 1.165) is 11.8 Å². The molecule has 0 saturated heterocycles. The van der Waals surface area contributed by atoms with Gasteiger partial charge in [-0.1, -0.05) is 193 Å². The Hall–Kier alpha value is -6.06. The molecular formula is C77H83BN2. The van der Waals surface area contributed by atoms with Crippen molar-refractivity contribution in [3.8, 4) is 33.4 Å². The Morgan fingerprint density at radius 1 is 0.475 bits per heavy atom. The number of rotatable bonds is 5. The standard InChI is InChI=1S/C77H83BN2/c1-72(2,3)53-28-30-65(56(40-53)51-26-14-11-15-27-51)79-67-39-52(50-24-12-10-13-25-50)38-58-60-43-55(77-34-18-22-49(47-77)23-19-35-77)42-59-57-41-54(76-32-16-20-48(46-76)21-17-33-76)29-31-66(57)80(69(59)60)78(68(58)67)71-70(79)61-44-63-64(45-62(61)75(71,8)9)74(6,7)37-36-73(63,4)5/h10-15,24-31,38-45,48-49H,16-23,32-37,46-47H2,1-9H3. The summed E-state index contributed by atoms with van der Waals surface area (Å²) < 4.78 is 2.96. The largest absolute Gasteiger partial charge is 0.376 e. The summed E-state index contributed by atoms with van der Waals surface area (Å²) in [6.45, 7) is 22.4. The minimum atomic E-state index is -0.303. The van der Waals surface area contributed by atoms with Crippen molar-refractivity contribution in [1.82, 2.24) is 4.48 Å². The second kappa shape index (κ2) is 17.0. The SMILES string of the molecule is CC(C)(C)c1ccc(N2C3=C(B4c5c(cc(-c6ccccc6)cc52)-c2cc(C56CCCC(CCC5)C6)cc5c6cc(C78CCCC(CCC7)C8)ccc6n4c25)C(C)(C)c2cc4c(cc23)C(C)(C)CCC4(C)C)c(-c2ccccc2)c1.